The number of anilines is 1. The molecular formula is C19H23N9O. The molecule has 1 saturated heterocycles. The quantitative estimate of drug-likeness (QED) is 0.678. The van der Waals surface area contributed by atoms with Crippen LogP contribution in [0.2, 0.25) is 0 Å². The van der Waals surface area contributed by atoms with Gasteiger partial charge in [0.05, 0.1) is 17.8 Å². The fourth-order valence-corrected chi connectivity index (χ4v) is 3.82. The predicted octanol–water partition coefficient (Wildman–Crippen LogP) is 1.75. The number of hydrogen-bond donors (Lipinski definition) is 2. The van der Waals surface area contributed by atoms with E-state index in [1.807, 2.05) is 40.6 Å². The number of hydrogen-bond acceptors (Lipinski definition) is 7. The van der Waals surface area contributed by atoms with E-state index in [1.54, 1.807) is 0 Å². The van der Waals surface area contributed by atoms with Gasteiger partial charge in [0, 0.05) is 11.3 Å². The summed E-state index contributed by atoms with van der Waals surface area (Å²) in [6.07, 6.45) is 4.17. The van der Waals surface area contributed by atoms with Crippen molar-refractivity contribution < 1.29 is 4.79 Å². The van der Waals surface area contributed by atoms with E-state index in [-0.39, 0.29) is 11.9 Å². The summed E-state index contributed by atoms with van der Waals surface area (Å²) in [5.41, 5.74) is 2.70. The van der Waals surface area contributed by atoms with Crippen LogP contribution in [-0.4, -0.2) is 54.2 Å². The molecule has 10 nitrogen and oxygen atoms in total. The largest absolute Gasteiger partial charge is 0.321 e. The Morgan fingerprint density at radius 3 is 2.66 bits per heavy atom. The average Bonchev–Trinajstić information content (AvgIpc) is 3.33. The van der Waals surface area contributed by atoms with Gasteiger partial charge in [0.1, 0.15) is 0 Å². The third kappa shape index (κ3) is 3.51. The third-order valence-electron chi connectivity index (χ3n) is 5.56. The van der Waals surface area contributed by atoms with Gasteiger partial charge in [-0.25, -0.2) is 9.36 Å². The zero-order valence-corrected chi connectivity index (χ0v) is 16.2. The van der Waals surface area contributed by atoms with Gasteiger partial charge in [-0.2, -0.15) is 0 Å². The van der Waals surface area contributed by atoms with Gasteiger partial charge in [0.25, 0.3) is 5.91 Å². The molecule has 1 aliphatic carbocycles. The molecule has 1 aromatic carbocycles. The first-order valence-electron chi connectivity index (χ1n) is 10.0. The molecule has 10 heteroatoms. The molecule has 150 valence electrons. The summed E-state index contributed by atoms with van der Waals surface area (Å²) in [7, 11) is 0. The summed E-state index contributed by atoms with van der Waals surface area (Å²) in [5.74, 6) is 0.457. The van der Waals surface area contributed by atoms with Gasteiger partial charge in [0.15, 0.2) is 11.5 Å². The van der Waals surface area contributed by atoms with E-state index in [1.165, 1.54) is 0 Å². The number of nitrogens with zero attached hydrogens (tertiary/aromatic N) is 7. The molecule has 2 aliphatic rings. The number of carbonyl (C=O) groups excluding carboxylic acids is 1. The topological polar surface area (TPSA) is 115 Å². The van der Waals surface area contributed by atoms with Crippen molar-refractivity contribution in [3.8, 4) is 11.4 Å². The Bertz CT molecular complexity index is 1030. The third-order valence-corrected chi connectivity index (χ3v) is 5.56. The first-order chi connectivity index (χ1) is 14.2. The molecule has 1 saturated carbocycles. The van der Waals surface area contributed by atoms with Crippen LogP contribution < -0.4 is 10.6 Å². The number of amides is 1. The highest BCUT2D eigenvalue weighted by atomic mass is 16.2. The Kier molecular flexibility index (Phi) is 4.55. The summed E-state index contributed by atoms with van der Waals surface area (Å²) in [6.45, 7) is 3.81. The minimum atomic E-state index is -0.262. The van der Waals surface area contributed by atoms with Gasteiger partial charge in [-0.3, -0.25) is 4.79 Å². The number of carbonyl (C=O) groups is 1. The maximum atomic E-state index is 12.8. The standard InChI is InChI=1S/C19H23N9O/c1-12-17(22-25-27(12)16-7-9-20-10-8-16)19(29)21-14-4-2-3-13(11-14)18-23-24-26-28(18)15-5-6-15/h2-4,11,15-16,20H,5-10H2,1H3,(H,21,29). The second-order valence-electron chi connectivity index (χ2n) is 7.66. The van der Waals surface area contributed by atoms with E-state index < -0.39 is 0 Å². The Balaban J connectivity index is 1.35. The molecule has 2 aromatic heterocycles. The van der Waals surface area contributed by atoms with Crippen molar-refractivity contribution in [2.24, 2.45) is 0 Å². The predicted molar refractivity (Wildman–Crippen MR) is 105 cm³/mol. The fraction of sp³-hybridized carbons (Fsp3) is 0.474. The highest BCUT2D eigenvalue weighted by Crippen LogP contribution is 2.36. The Labute approximate surface area is 167 Å². The zero-order valence-electron chi connectivity index (χ0n) is 16.2. The van der Waals surface area contributed by atoms with Crippen LogP contribution in [0.15, 0.2) is 24.3 Å². The summed E-state index contributed by atoms with van der Waals surface area (Å²) < 4.78 is 3.74. The van der Waals surface area contributed by atoms with Crippen LogP contribution in [0, 0.1) is 6.92 Å². The first kappa shape index (κ1) is 17.9. The number of rotatable bonds is 5. The van der Waals surface area contributed by atoms with E-state index in [2.05, 4.69) is 36.5 Å². The Hall–Kier alpha value is -3.14. The molecule has 0 unspecified atom stereocenters. The highest BCUT2D eigenvalue weighted by molar-refractivity contribution is 6.03. The van der Waals surface area contributed by atoms with Crippen LogP contribution in [0.3, 0.4) is 0 Å². The SMILES string of the molecule is Cc1c(C(=O)Nc2cccc(-c3nnnn3C3CC3)c2)nnn1C1CCNCC1. The van der Waals surface area contributed by atoms with Crippen molar-refractivity contribution >= 4 is 11.6 Å². The molecule has 3 heterocycles. The van der Waals surface area contributed by atoms with Crippen molar-refractivity contribution in [2.75, 3.05) is 18.4 Å². The number of nitrogens with one attached hydrogen (secondary N) is 2. The van der Waals surface area contributed by atoms with E-state index >= 15 is 0 Å². The summed E-state index contributed by atoms with van der Waals surface area (Å²) in [4.78, 5) is 12.8. The van der Waals surface area contributed by atoms with Crippen LogP contribution in [0.25, 0.3) is 11.4 Å². The molecule has 0 radical (unpaired) electrons. The Morgan fingerprint density at radius 1 is 1.07 bits per heavy atom. The summed E-state index contributed by atoms with van der Waals surface area (Å²) >= 11 is 0. The maximum absolute atomic E-state index is 12.8. The van der Waals surface area contributed by atoms with Crippen molar-refractivity contribution in [3.05, 3.63) is 35.7 Å². The van der Waals surface area contributed by atoms with Gasteiger partial charge in [0.2, 0.25) is 0 Å². The maximum Gasteiger partial charge on any atom is 0.278 e. The number of piperidine rings is 1. The average molecular weight is 393 g/mol. The van der Waals surface area contributed by atoms with Crippen molar-refractivity contribution in [2.45, 2.75) is 44.7 Å². The molecule has 2 fully saturated rings. The lowest BCUT2D eigenvalue weighted by molar-refractivity contribution is 0.102. The van der Waals surface area contributed by atoms with Crippen LogP contribution in [0.4, 0.5) is 5.69 Å². The second kappa shape index (κ2) is 7.36. The molecule has 5 rings (SSSR count). The lowest BCUT2D eigenvalue weighted by Gasteiger charge is -2.23. The lowest BCUT2D eigenvalue weighted by atomic mass is 10.1. The lowest BCUT2D eigenvalue weighted by Crippen LogP contribution is -2.30. The number of benzene rings is 1. The highest BCUT2D eigenvalue weighted by Gasteiger charge is 2.28. The second-order valence-corrected chi connectivity index (χ2v) is 7.66. The van der Waals surface area contributed by atoms with Gasteiger partial charge >= 0.3 is 0 Å². The smallest absolute Gasteiger partial charge is 0.278 e. The number of aromatic nitrogens is 7. The minimum absolute atomic E-state index is 0.262. The van der Waals surface area contributed by atoms with E-state index in [9.17, 15) is 4.79 Å². The molecule has 1 aliphatic heterocycles. The fourth-order valence-electron chi connectivity index (χ4n) is 3.82. The molecule has 1 amide bonds. The molecule has 3 aromatic rings. The molecule has 0 bridgehead atoms. The van der Waals surface area contributed by atoms with Gasteiger partial charge in [-0.1, -0.05) is 17.3 Å². The summed E-state index contributed by atoms with van der Waals surface area (Å²) in [6, 6.07) is 8.23. The van der Waals surface area contributed by atoms with E-state index in [4.69, 9.17) is 0 Å². The number of tetrazole rings is 1. The van der Waals surface area contributed by atoms with Crippen molar-refractivity contribution in [1.29, 1.82) is 0 Å². The minimum Gasteiger partial charge on any atom is -0.321 e. The van der Waals surface area contributed by atoms with Crippen LogP contribution in [0.5, 0.6) is 0 Å². The summed E-state index contributed by atoms with van der Waals surface area (Å²) in [5, 5.41) is 26.7. The molecule has 0 spiro atoms. The van der Waals surface area contributed by atoms with Crippen molar-refractivity contribution in [1.82, 2.24) is 40.5 Å². The van der Waals surface area contributed by atoms with Gasteiger partial charge < -0.3 is 10.6 Å². The zero-order chi connectivity index (χ0) is 19.8. The van der Waals surface area contributed by atoms with Crippen LogP contribution >= 0.6 is 0 Å². The van der Waals surface area contributed by atoms with Gasteiger partial charge in [-0.15, -0.1) is 10.2 Å². The first-order valence-corrected chi connectivity index (χ1v) is 10.0. The van der Waals surface area contributed by atoms with Crippen molar-refractivity contribution in [3.63, 3.8) is 0 Å². The molecular weight excluding hydrogens is 370 g/mol. The molecule has 0 atom stereocenters. The van der Waals surface area contributed by atoms with Gasteiger partial charge in [-0.05, 0) is 68.3 Å². The van der Waals surface area contributed by atoms with Crippen LogP contribution in [-0.2, 0) is 0 Å². The molecule has 2 N–H and O–H groups in total. The monoisotopic (exact) mass is 393 g/mol. The van der Waals surface area contributed by atoms with E-state index in [0.717, 1.165) is 55.9 Å². The van der Waals surface area contributed by atoms with Crippen LogP contribution in [0.1, 0.15) is 53.9 Å². The normalized spacial score (nSPS) is 17.4. The van der Waals surface area contributed by atoms with E-state index in [0.29, 0.717) is 17.4 Å². The molecule has 29 heavy (non-hydrogen) atoms. The Morgan fingerprint density at radius 2 is 1.86 bits per heavy atom.